The van der Waals surface area contributed by atoms with Gasteiger partial charge in [0.1, 0.15) is 17.9 Å². The van der Waals surface area contributed by atoms with Crippen LogP contribution in [0.15, 0.2) is 16.7 Å². The number of carboxylic acid groups (broad SMARTS) is 1. The SMILES string of the molecule is N#Cc1cc(Br)cnc1N1CCC[C@H]1C(=O)O. The normalized spacial score (nSPS) is 19.1. The molecular formula is C11H10BrN3O2. The highest BCUT2D eigenvalue weighted by molar-refractivity contribution is 9.10. The minimum atomic E-state index is -0.865. The topological polar surface area (TPSA) is 77.2 Å². The molecule has 0 bridgehead atoms. The molecule has 1 aromatic heterocycles. The molecule has 1 N–H and O–H groups in total. The largest absolute Gasteiger partial charge is 0.480 e. The summed E-state index contributed by atoms with van der Waals surface area (Å²) in [6, 6.07) is 3.12. The molecule has 0 saturated carbocycles. The minimum absolute atomic E-state index is 0.396. The number of nitrogens with zero attached hydrogens (tertiary/aromatic N) is 3. The Morgan fingerprint density at radius 3 is 3.12 bits per heavy atom. The first-order valence-electron chi connectivity index (χ1n) is 5.18. The monoisotopic (exact) mass is 295 g/mol. The second-order valence-electron chi connectivity index (χ2n) is 3.83. The Morgan fingerprint density at radius 2 is 2.47 bits per heavy atom. The van der Waals surface area contributed by atoms with E-state index in [4.69, 9.17) is 10.4 Å². The molecule has 1 aliphatic heterocycles. The molecule has 6 heteroatoms. The number of hydrogen-bond acceptors (Lipinski definition) is 4. The Balaban J connectivity index is 2.40. The van der Waals surface area contributed by atoms with Crippen LogP contribution in [0.2, 0.25) is 0 Å². The fourth-order valence-corrected chi connectivity index (χ4v) is 2.35. The summed E-state index contributed by atoms with van der Waals surface area (Å²) in [4.78, 5) is 16.9. The first kappa shape index (κ1) is 11.9. The van der Waals surface area contributed by atoms with Crippen molar-refractivity contribution in [3.63, 3.8) is 0 Å². The molecule has 1 aromatic rings. The minimum Gasteiger partial charge on any atom is -0.480 e. The number of carbonyl (C=O) groups is 1. The molecule has 0 aliphatic carbocycles. The van der Waals surface area contributed by atoms with Gasteiger partial charge in [0.2, 0.25) is 0 Å². The van der Waals surface area contributed by atoms with E-state index in [1.165, 1.54) is 0 Å². The molecule has 0 radical (unpaired) electrons. The second-order valence-corrected chi connectivity index (χ2v) is 4.74. The maximum Gasteiger partial charge on any atom is 0.326 e. The highest BCUT2D eigenvalue weighted by atomic mass is 79.9. The van der Waals surface area contributed by atoms with Gasteiger partial charge in [-0.1, -0.05) is 0 Å². The molecule has 5 nitrogen and oxygen atoms in total. The quantitative estimate of drug-likeness (QED) is 0.900. The smallest absolute Gasteiger partial charge is 0.326 e. The second kappa shape index (κ2) is 4.72. The standard InChI is InChI=1S/C11H10BrN3O2/c12-8-4-7(5-13)10(14-6-8)15-3-1-2-9(15)11(16)17/h4,6,9H,1-3H2,(H,16,17)/t9-/m0/s1. The average Bonchev–Trinajstić information content (AvgIpc) is 2.77. The molecule has 17 heavy (non-hydrogen) atoms. The predicted octanol–water partition coefficient (Wildman–Crippen LogP) is 1.77. The van der Waals surface area contributed by atoms with Gasteiger partial charge in [-0.2, -0.15) is 5.26 Å². The maximum atomic E-state index is 11.1. The lowest BCUT2D eigenvalue weighted by atomic mass is 10.2. The number of hydrogen-bond donors (Lipinski definition) is 1. The van der Waals surface area contributed by atoms with Crippen molar-refractivity contribution >= 4 is 27.7 Å². The number of rotatable bonds is 2. The van der Waals surface area contributed by atoms with E-state index in [2.05, 4.69) is 20.9 Å². The van der Waals surface area contributed by atoms with Crippen LogP contribution in [0.5, 0.6) is 0 Å². The predicted molar refractivity (Wildman–Crippen MR) is 64.7 cm³/mol. The molecule has 1 saturated heterocycles. The molecule has 2 rings (SSSR count). The van der Waals surface area contributed by atoms with Crippen LogP contribution in [-0.2, 0) is 4.79 Å². The third-order valence-electron chi connectivity index (χ3n) is 2.76. The van der Waals surface area contributed by atoms with Crippen molar-refractivity contribution in [1.82, 2.24) is 4.98 Å². The lowest BCUT2D eigenvalue weighted by Gasteiger charge is -2.23. The number of aliphatic carboxylic acids is 1. The lowest BCUT2D eigenvalue weighted by Crippen LogP contribution is -2.36. The summed E-state index contributed by atoms with van der Waals surface area (Å²) in [6.07, 6.45) is 2.98. The maximum absolute atomic E-state index is 11.1. The van der Waals surface area contributed by atoms with Gasteiger partial charge in [0.05, 0.1) is 5.56 Å². The zero-order valence-corrected chi connectivity index (χ0v) is 10.5. The van der Waals surface area contributed by atoms with Crippen LogP contribution < -0.4 is 4.90 Å². The first-order chi connectivity index (χ1) is 8.13. The van der Waals surface area contributed by atoms with Gasteiger partial charge >= 0.3 is 5.97 Å². The average molecular weight is 296 g/mol. The van der Waals surface area contributed by atoms with Crippen molar-refractivity contribution in [3.05, 3.63) is 22.3 Å². The third kappa shape index (κ3) is 2.24. The van der Waals surface area contributed by atoms with Crippen LogP contribution in [-0.4, -0.2) is 28.6 Å². The number of nitriles is 1. The molecule has 0 amide bonds. The van der Waals surface area contributed by atoms with E-state index in [0.717, 1.165) is 6.42 Å². The molecule has 88 valence electrons. The first-order valence-corrected chi connectivity index (χ1v) is 5.98. The van der Waals surface area contributed by atoms with Gasteiger partial charge < -0.3 is 10.0 Å². The zero-order chi connectivity index (χ0) is 12.4. The van der Waals surface area contributed by atoms with Gasteiger partial charge in [0.25, 0.3) is 0 Å². The summed E-state index contributed by atoms with van der Waals surface area (Å²) in [6.45, 7) is 0.625. The van der Waals surface area contributed by atoms with E-state index in [-0.39, 0.29) is 0 Å². The van der Waals surface area contributed by atoms with Crippen LogP contribution in [0.1, 0.15) is 18.4 Å². The number of anilines is 1. The molecule has 2 heterocycles. The van der Waals surface area contributed by atoms with Crippen molar-refractivity contribution in [2.75, 3.05) is 11.4 Å². The molecule has 0 unspecified atom stereocenters. The molecular weight excluding hydrogens is 286 g/mol. The molecule has 1 atom stereocenters. The van der Waals surface area contributed by atoms with Crippen LogP contribution in [0.4, 0.5) is 5.82 Å². The molecule has 0 spiro atoms. The summed E-state index contributed by atoms with van der Waals surface area (Å²) >= 11 is 3.24. The molecule has 0 aromatic carbocycles. The van der Waals surface area contributed by atoms with Crippen molar-refractivity contribution in [2.24, 2.45) is 0 Å². The zero-order valence-electron chi connectivity index (χ0n) is 8.93. The van der Waals surface area contributed by atoms with Crippen LogP contribution in [0.3, 0.4) is 0 Å². The van der Waals surface area contributed by atoms with E-state index in [1.54, 1.807) is 17.2 Å². The number of pyridine rings is 1. The number of carboxylic acids is 1. The summed E-state index contributed by atoms with van der Waals surface area (Å²) in [7, 11) is 0. The molecule has 1 fully saturated rings. The Kier molecular flexibility index (Phi) is 3.29. The van der Waals surface area contributed by atoms with E-state index in [9.17, 15) is 4.79 Å². The highest BCUT2D eigenvalue weighted by Gasteiger charge is 2.32. The number of aromatic nitrogens is 1. The summed E-state index contributed by atoms with van der Waals surface area (Å²) < 4.78 is 0.712. The Hall–Kier alpha value is -1.61. The van der Waals surface area contributed by atoms with Crippen LogP contribution in [0, 0.1) is 11.3 Å². The van der Waals surface area contributed by atoms with Gasteiger partial charge in [-0.05, 0) is 34.8 Å². The summed E-state index contributed by atoms with van der Waals surface area (Å²) in [5.74, 6) is -0.406. The van der Waals surface area contributed by atoms with E-state index in [0.29, 0.717) is 28.8 Å². The third-order valence-corrected chi connectivity index (χ3v) is 3.20. The van der Waals surface area contributed by atoms with Crippen LogP contribution in [0.25, 0.3) is 0 Å². The van der Waals surface area contributed by atoms with Crippen molar-refractivity contribution in [1.29, 1.82) is 5.26 Å². The Morgan fingerprint density at radius 1 is 1.71 bits per heavy atom. The fourth-order valence-electron chi connectivity index (χ4n) is 2.02. The summed E-state index contributed by atoms with van der Waals surface area (Å²) in [5, 5.41) is 18.1. The van der Waals surface area contributed by atoms with E-state index in [1.807, 2.05) is 6.07 Å². The fraction of sp³-hybridized carbons (Fsp3) is 0.364. The lowest BCUT2D eigenvalue weighted by molar-refractivity contribution is -0.138. The summed E-state index contributed by atoms with van der Waals surface area (Å²) in [5.41, 5.74) is 0.396. The van der Waals surface area contributed by atoms with Crippen molar-refractivity contribution < 1.29 is 9.90 Å². The van der Waals surface area contributed by atoms with Gasteiger partial charge in [0.15, 0.2) is 0 Å². The molecule has 1 aliphatic rings. The van der Waals surface area contributed by atoms with Crippen molar-refractivity contribution in [2.45, 2.75) is 18.9 Å². The van der Waals surface area contributed by atoms with Gasteiger partial charge in [-0.25, -0.2) is 9.78 Å². The van der Waals surface area contributed by atoms with Gasteiger partial charge in [0, 0.05) is 17.2 Å². The Labute approximate surface area is 107 Å². The van der Waals surface area contributed by atoms with E-state index >= 15 is 0 Å². The number of halogens is 1. The van der Waals surface area contributed by atoms with Gasteiger partial charge in [-0.15, -0.1) is 0 Å². The van der Waals surface area contributed by atoms with E-state index < -0.39 is 12.0 Å². The van der Waals surface area contributed by atoms with Crippen LogP contribution >= 0.6 is 15.9 Å². The van der Waals surface area contributed by atoms with Crippen molar-refractivity contribution in [3.8, 4) is 6.07 Å². The van der Waals surface area contributed by atoms with Gasteiger partial charge in [-0.3, -0.25) is 0 Å². The Bertz CT molecular complexity index is 498. The highest BCUT2D eigenvalue weighted by Crippen LogP contribution is 2.28.